The second kappa shape index (κ2) is 5.38. The number of hydrogen-bond donors (Lipinski definition) is 3. The standard InChI is InChI=1S/C8H10F3N5O2/c1-12-7(18)14-13-6(17)4-16-3-2-5(15-16)8(9,10)11/h2-3H,4H2,1H3,(H,13,17)(H2,12,14,18). The molecule has 0 unspecified atom stereocenters. The lowest BCUT2D eigenvalue weighted by atomic mass is 10.4. The van der Waals surface area contributed by atoms with Crippen molar-refractivity contribution in [3.05, 3.63) is 18.0 Å². The van der Waals surface area contributed by atoms with Crippen LogP contribution >= 0.6 is 0 Å². The van der Waals surface area contributed by atoms with Gasteiger partial charge in [-0.1, -0.05) is 0 Å². The van der Waals surface area contributed by atoms with E-state index in [2.05, 4.69) is 10.4 Å². The molecule has 0 spiro atoms. The number of hydrazine groups is 1. The molecule has 18 heavy (non-hydrogen) atoms. The number of hydrogen-bond acceptors (Lipinski definition) is 3. The number of carbonyl (C=O) groups excluding carboxylic acids is 2. The minimum atomic E-state index is -4.55. The summed E-state index contributed by atoms with van der Waals surface area (Å²) in [4.78, 5) is 21.9. The Morgan fingerprint density at radius 2 is 2.06 bits per heavy atom. The molecule has 0 aliphatic carbocycles. The maximum Gasteiger partial charge on any atom is 0.435 e. The molecule has 0 aliphatic rings. The summed E-state index contributed by atoms with van der Waals surface area (Å²) in [5.41, 5.74) is 2.87. The van der Waals surface area contributed by atoms with E-state index in [1.54, 1.807) is 0 Å². The molecular formula is C8H10F3N5O2. The van der Waals surface area contributed by atoms with Crippen LogP contribution in [0, 0.1) is 0 Å². The van der Waals surface area contributed by atoms with Gasteiger partial charge in [-0.2, -0.15) is 18.3 Å². The highest BCUT2D eigenvalue weighted by Crippen LogP contribution is 2.27. The summed E-state index contributed by atoms with van der Waals surface area (Å²) in [7, 11) is 1.34. The van der Waals surface area contributed by atoms with Crippen LogP contribution in [0.2, 0.25) is 0 Å². The number of aromatic nitrogens is 2. The summed E-state index contributed by atoms with van der Waals surface area (Å²) in [5, 5.41) is 5.34. The van der Waals surface area contributed by atoms with Gasteiger partial charge in [0.25, 0.3) is 5.91 Å². The third-order valence-electron chi connectivity index (χ3n) is 1.78. The summed E-state index contributed by atoms with van der Waals surface area (Å²) in [5.74, 6) is -0.713. The van der Waals surface area contributed by atoms with Gasteiger partial charge in [0.15, 0.2) is 5.69 Å². The first-order chi connectivity index (χ1) is 8.32. The van der Waals surface area contributed by atoms with Crippen molar-refractivity contribution in [2.24, 2.45) is 0 Å². The first-order valence-corrected chi connectivity index (χ1v) is 4.70. The van der Waals surface area contributed by atoms with Gasteiger partial charge in [-0.3, -0.25) is 14.9 Å². The Morgan fingerprint density at radius 3 is 2.56 bits per heavy atom. The first-order valence-electron chi connectivity index (χ1n) is 4.70. The molecule has 1 aromatic heterocycles. The van der Waals surface area contributed by atoms with Gasteiger partial charge in [-0.15, -0.1) is 0 Å². The highest BCUT2D eigenvalue weighted by molar-refractivity contribution is 5.80. The molecule has 0 atom stereocenters. The fourth-order valence-electron chi connectivity index (χ4n) is 0.977. The molecule has 0 radical (unpaired) electrons. The summed E-state index contributed by atoms with van der Waals surface area (Å²) in [6.07, 6.45) is -3.54. The van der Waals surface area contributed by atoms with Crippen LogP contribution in [0.15, 0.2) is 12.3 Å². The molecule has 1 rings (SSSR count). The number of nitrogens with zero attached hydrogens (tertiary/aromatic N) is 2. The molecule has 0 aliphatic heterocycles. The summed E-state index contributed by atoms with van der Waals surface area (Å²) < 4.78 is 37.4. The largest absolute Gasteiger partial charge is 0.435 e. The summed E-state index contributed by atoms with van der Waals surface area (Å²) in [6, 6.07) is 0.0965. The molecule has 0 saturated carbocycles. The highest BCUT2D eigenvalue weighted by atomic mass is 19.4. The zero-order chi connectivity index (χ0) is 13.8. The van der Waals surface area contributed by atoms with Crippen LogP contribution in [0.5, 0.6) is 0 Å². The maximum atomic E-state index is 12.2. The van der Waals surface area contributed by atoms with Crippen LogP contribution in [0.1, 0.15) is 5.69 Å². The van der Waals surface area contributed by atoms with Crippen LogP contribution in [0.3, 0.4) is 0 Å². The van der Waals surface area contributed by atoms with Gasteiger partial charge in [-0.25, -0.2) is 10.2 Å². The Hall–Kier alpha value is -2.26. The van der Waals surface area contributed by atoms with Gasteiger partial charge >= 0.3 is 12.2 Å². The summed E-state index contributed by atoms with van der Waals surface area (Å²) >= 11 is 0. The van der Waals surface area contributed by atoms with Crippen molar-refractivity contribution in [3.63, 3.8) is 0 Å². The van der Waals surface area contributed by atoms with Gasteiger partial charge in [-0.05, 0) is 6.07 Å². The van der Waals surface area contributed by atoms with E-state index >= 15 is 0 Å². The van der Waals surface area contributed by atoms with Crippen molar-refractivity contribution in [1.29, 1.82) is 0 Å². The Morgan fingerprint density at radius 1 is 1.39 bits per heavy atom. The Kier molecular flexibility index (Phi) is 4.13. The summed E-state index contributed by atoms with van der Waals surface area (Å²) in [6.45, 7) is -0.444. The number of urea groups is 1. The predicted molar refractivity (Wildman–Crippen MR) is 53.0 cm³/mol. The maximum absolute atomic E-state index is 12.2. The quantitative estimate of drug-likeness (QED) is 0.650. The molecule has 0 fully saturated rings. The lowest BCUT2D eigenvalue weighted by Gasteiger charge is -2.06. The first kappa shape index (κ1) is 13.8. The average molecular weight is 265 g/mol. The Labute approximate surface area is 99.3 Å². The van der Waals surface area contributed by atoms with Crippen molar-refractivity contribution in [3.8, 4) is 0 Å². The zero-order valence-corrected chi connectivity index (χ0v) is 9.21. The highest BCUT2D eigenvalue weighted by Gasteiger charge is 2.33. The van der Waals surface area contributed by atoms with Crippen LogP contribution in [0.4, 0.5) is 18.0 Å². The molecule has 3 amide bonds. The normalized spacial score (nSPS) is 10.9. The van der Waals surface area contributed by atoms with Gasteiger partial charge in [0.1, 0.15) is 6.54 Å². The smallest absolute Gasteiger partial charge is 0.340 e. The molecule has 0 saturated heterocycles. The third-order valence-corrected chi connectivity index (χ3v) is 1.78. The molecule has 100 valence electrons. The van der Waals surface area contributed by atoms with Crippen molar-refractivity contribution < 1.29 is 22.8 Å². The van der Waals surface area contributed by atoms with Gasteiger partial charge in [0, 0.05) is 13.2 Å². The lowest BCUT2D eigenvalue weighted by molar-refractivity contribution is -0.141. The fourth-order valence-corrected chi connectivity index (χ4v) is 0.977. The van der Waals surface area contributed by atoms with Crippen LogP contribution < -0.4 is 16.2 Å². The van der Waals surface area contributed by atoms with Crippen LogP contribution in [-0.4, -0.2) is 28.8 Å². The van der Waals surface area contributed by atoms with E-state index in [4.69, 9.17) is 0 Å². The predicted octanol–water partition coefficient (Wildman–Crippen LogP) is -0.138. The number of carbonyl (C=O) groups is 2. The molecule has 0 bridgehead atoms. The number of amides is 3. The lowest BCUT2D eigenvalue weighted by Crippen LogP contribution is -2.46. The van der Waals surface area contributed by atoms with E-state index in [0.717, 1.165) is 16.9 Å². The number of halogens is 3. The van der Waals surface area contributed by atoms with Crippen molar-refractivity contribution >= 4 is 11.9 Å². The second-order valence-electron chi connectivity index (χ2n) is 3.15. The zero-order valence-electron chi connectivity index (χ0n) is 9.21. The second-order valence-corrected chi connectivity index (χ2v) is 3.15. The number of nitrogens with one attached hydrogen (secondary N) is 3. The van der Waals surface area contributed by atoms with E-state index < -0.39 is 30.4 Å². The van der Waals surface area contributed by atoms with Gasteiger partial charge in [0.2, 0.25) is 0 Å². The topological polar surface area (TPSA) is 88.0 Å². The van der Waals surface area contributed by atoms with Gasteiger partial charge < -0.3 is 5.32 Å². The molecule has 10 heteroatoms. The number of alkyl halides is 3. The number of rotatable bonds is 2. The van der Waals surface area contributed by atoms with Gasteiger partial charge in [0.05, 0.1) is 0 Å². The Bertz CT molecular complexity index is 442. The van der Waals surface area contributed by atoms with E-state index in [1.807, 2.05) is 10.9 Å². The van der Waals surface area contributed by atoms with E-state index in [0.29, 0.717) is 0 Å². The molecule has 1 aromatic rings. The third kappa shape index (κ3) is 3.96. The van der Waals surface area contributed by atoms with E-state index in [-0.39, 0.29) is 0 Å². The Balaban J connectivity index is 2.50. The SMILES string of the molecule is CNC(=O)NNC(=O)Cn1ccc(C(F)(F)F)n1. The van der Waals surface area contributed by atoms with Crippen LogP contribution in [-0.2, 0) is 17.5 Å². The van der Waals surface area contributed by atoms with Crippen molar-refractivity contribution in [1.82, 2.24) is 25.9 Å². The molecule has 3 N–H and O–H groups in total. The minimum Gasteiger partial charge on any atom is -0.340 e. The fraction of sp³-hybridized carbons (Fsp3) is 0.375. The van der Waals surface area contributed by atoms with E-state index in [9.17, 15) is 22.8 Å². The van der Waals surface area contributed by atoms with Crippen molar-refractivity contribution in [2.45, 2.75) is 12.7 Å². The van der Waals surface area contributed by atoms with Crippen molar-refractivity contribution in [2.75, 3.05) is 7.05 Å². The monoisotopic (exact) mass is 265 g/mol. The molecule has 0 aromatic carbocycles. The molecule has 1 heterocycles. The van der Waals surface area contributed by atoms with E-state index in [1.165, 1.54) is 7.05 Å². The average Bonchev–Trinajstić information content (AvgIpc) is 2.74. The van der Waals surface area contributed by atoms with Crippen LogP contribution in [0.25, 0.3) is 0 Å². The minimum absolute atomic E-state index is 0.444. The molecular weight excluding hydrogens is 255 g/mol. The molecule has 7 nitrogen and oxygen atoms in total.